The van der Waals surface area contributed by atoms with E-state index in [0.717, 1.165) is 10.9 Å². The van der Waals surface area contributed by atoms with Crippen molar-refractivity contribution in [1.82, 2.24) is 14.4 Å². The molecule has 0 radical (unpaired) electrons. The van der Waals surface area contributed by atoms with Crippen LogP contribution in [-0.4, -0.2) is 78.0 Å². The number of amides is 2. The predicted octanol–water partition coefficient (Wildman–Crippen LogP) is 2.28. The van der Waals surface area contributed by atoms with Gasteiger partial charge >= 0.3 is 0 Å². The summed E-state index contributed by atoms with van der Waals surface area (Å²) in [5.41, 5.74) is 1.63. The average molecular weight is 450 g/mol. The molecule has 3 aromatic rings. The summed E-state index contributed by atoms with van der Waals surface area (Å²) >= 11 is 0. The van der Waals surface area contributed by atoms with E-state index in [2.05, 4.69) is 0 Å². The lowest BCUT2D eigenvalue weighted by Crippen LogP contribution is -2.64. The van der Waals surface area contributed by atoms with Gasteiger partial charge in [0.05, 0.1) is 26.3 Å². The Kier molecular flexibility index (Phi) is 5.78. The Morgan fingerprint density at radius 2 is 1.61 bits per heavy atom. The largest absolute Gasteiger partial charge is 0.484 e. The zero-order valence-corrected chi connectivity index (χ0v) is 18.6. The highest BCUT2D eigenvalue weighted by molar-refractivity contribution is 5.98. The van der Waals surface area contributed by atoms with Crippen molar-refractivity contribution in [3.8, 4) is 5.75 Å². The van der Waals surface area contributed by atoms with Crippen LogP contribution in [0.1, 0.15) is 10.5 Å². The van der Waals surface area contributed by atoms with Gasteiger partial charge in [0, 0.05) is 31.0 Å². The Bertz CT molecular complexity index is 1160. The standard InChI is InChI=1S/C25H27N3O5/c1-26-21-10-6-5-7-19(21)15-22(26)24(30)28-12-14-33-25(18-28)17-27(11-13-32-25)23(29)16-31-20-8-3-2-4-9-20/h2-10,15H,11-14,16-18H2,1H3. The van der Waals surface area contributed by atoms with Gasteiger partial charge in [-0.2, -0.15) is 0 Å². The zero-order valence-electron chi connectivity index (χ0n) is 18.6. The molecule has 0 N–H and O–H groups in total. The quantitative estimate of drug-likeness (QED) is 0.611. The van der Waals surface area contributed by atoms with E-state index in [1.54, 1.807) is 9.80 Å². The maximum absolute atomic E-state index is 13.4. The molecule has 2 aliphatic heterocycles. The number of ether oxygens (including phenoxy) is 3. The average Bonchev–Trinajstić information content (AvgIpc) is 3.19. The number of hydrogen-bond donors (Lipinski definition) is 0. The van der Waals surface area contributed by atoms with Gasteiger partial charge in [-0.05, 0) is 24.3 Å². The van der Waals surface area contributed by atoms with Crippen molar-refractivity contribution in [1.29, 1.82) is 0 Å². The summed E-state index contributed by atoms with van der Waals surface area (Å²) in [5, 5.41) is 1.02. The van der Waals surface area contributed by atoms with Crippen molar-refractivity contribution in [2.24, 2.45) is 7.05 Å². The number of benzene rings is 2. The smallest absolute Gasteiger partial charge is 0.270 e. The molecule has 1 unspecified atom stereocenters. The third-order valence-electron chi connectivity index (χ3n) is 6.23. The molecule has 8 heteroatoms. The minimum atomic E-state index is -1.03. The van der Waals surface area contributed by atoms with Crippen molar-refractivity contribution in [3.05, 3.63) is 66.4 Å². The van der Waals surface area contributed by atoms with Gasteiger partial charge in [0.1, 0.15) is 11.4 Å². The minimum absolute atomic E-state index is 0.0569. The molecule has 2 aromatic carbocycles. The third-order valence-corrected chi connectivity index (χ3v) is 6.23. The van der Waals surface area contributed by atoms with Crippen LogP contribution in [0.3, 0.4) is 0 Å². The molecule has 2 saturated heterocycles. The second-order valence-corrected chi connectivity index (χ2v) is 8.40. The fraction of sp³-hybridized carbons (Fsp3) is 0.360. The molecule has 8 nitrogen and oxygen atoms in total. The van der Waals surface area contributed by atoms with Crippen LogP contribution < -0.4 is 4.74 Å². The number of fused-ring (bicyclic) bond motifs is 1. The molecule has 1 atom stereocenters. The van der Waals surface area contributed by atoms with Gasteiger partial charge in [0.2, 0.25) is 5.79 Å². The highest BCUT2D eigenvalue weighted by Gasteiger charge is 2.44. The first-order valence-corrected chi connectivity index (χ1v) is 11.1. The Morgan fingerprint density at radius 1 is 0.939 bits per heavy atom. The maximum atomic E-state index is 13.4. The fourth-order valence-corrected chi connectivity index (χ4v) is 4.49. The van der Waals surface area contributed by atoms with Crippen LogP contribution in [0, 0.1) is 0 Å². The van der Waals surface area contributed by atoms with Gasteiger partial charge < -0.3 is 28.6 Å². The molecular formula is C25H27N3O5. The highest BCUT2D eigenvalue weighted by atomic mass is 16.7. The summed E-state index contributed by atoms with van der Waals surface area (Å²) in [6.07, 6.45) is 0. The van der Waals surface area contributed by atoms with Crippen LogP contribution in [-0.2, 0) is 21.3 Å². The first kappa shape index (κ1) is 21.5. The van der Waals surface area contributed by atoms with E-state index in [4.69, 9.17) is 14.2 Å². The topological polar surface area (TPSA) is 73.2 Å². The second-order valence-electron chi connectivity index (χ2n) is 8.40. The molecule has 0 bridgehead atoms. The lowest BCUT2D eigenvalue weighted by Gasteiger charge is -2.47. The molecule has 0 saturated carbocycles. The van der Waals surface area contributed by atoms with Crippen LogP contribution in [0.2, 0.25) is 0 Å². The van der Waals surface area contributed by atoms with E-state index in [1.807, 2.05) is 72.3 Å². The van der Waals surface area contributed by atoms with E-state index in [9.17, 15) is 9.59 Å². The SMILES string of the molecule is Cn1c(C(=O)N2CCOC3(CN(C(=O)COc4ccccc4)CCO3)C2)cc2ccccc21. The lowest BCUT2D eigenvalue weighted by atomic mass is 10.1. The number of carbonyl (C=O) groups excluding carboxylic acids is 2. The van der Waals surface area contributed by atoms with Crippen LogP contribution in [0.15, 0.2) is 60.7 Å². The lowest BCUT2D eigenvalue weighted by molar-refractivity contribution is -0.284. The number of para-hydroxylation sites is 2. The Labute approximate surface area is 192 Å². The number of aromatic nitrogens is 1. The van der Waals surface area contributed by atoms with Gasteiger partial charge in [-0.3, -0.25) is 9.59 Å². The zero-order chi connectivity index (χ0) is 22.8. The monoisotopic (exact) mass is 449 g/mol. The number of rotatable bonds is 4. The molecule has 2 fully saturated rings. The Balaban J connectivity index is 1.27. The van der Waals surface area contributed by atoms with E-state index >= 15 is 0 Å². The van der Waals surface area contributed by atoms with E-state index in [1.165, 1.54) is 0 Å². The van der Waals surface area contributed by atoms with Gasteiger partial charge in [-0.1, -0.05) is 36.4 Å². The molecule has 1 spiro atoms. The summed E-state index contributed by atoms with van der Waals surface area (Å²) < 4.78 is 19.5. The number of aryl methyl sites for hydroxylation is 1. The van der Waals surface area contributed by atoms with E-state index in [0.29, 0.717) is 37.7 Å². The van der Waals surface area contributed by atoms with Gasteiger partial charge in [-0.25, -0.2) is 0 Å². The predicted molar refractivity (Wildman–Crippen MR) is 122 cm³/mol. The van der Waals surface area contributed by atoms with Crippen molar-refractivity contribution >= 4 is 22.7 Å². The summed E-state index contributed by atoms with van der Waals surface area (Å²) in [7, 11) is 1.90. The molecule has 5 rings (SSSR count). The van der Waals surface area contributed by atoms with Gasteiger partial charge in [-0.15, -0.1) is 0 Å². The van der Waals surface area contributed by atoms with Crippen molar-refractivity contribution in [2.75, 3.05) is 46.0 Å². The Morgan fingerprint density at radius 3 is 2.36 bits per heavy atom. The van der Waals surface area contributed by atoms with Crippen LogP contribution in [0.25, 0.3) is 10.9 Å². The fourth-order valence-electron chi connectivity index (χ4n) is 4.49. The van der Waals surface area contributed by atoms with Gasteiger partial charge in [0.15, 0.2) is 6.61 Å². The molecular weight excluding hydrogens is 422 g/mol. The molecule has 2 amide bonds. The molecule has 2 aliphatic rings. The summed E-state index contributed by atoms with van der Waals surface area (Å²) in [6.45, 7) is 2.07. The highest BCUT2D eigenvalue weighted by Crippen LogP contribution is 2.27. The van der Waals surface area contributed by atoms with Crippen molar-refractivity contribution in [2.45, 2.75) is 5.79 Å². The summed E-state index contributed by atoms with van der Waals surface area (Å²) in [5.74, 6) is -0.591. The summed E-state index contributed by atoms with van der Waals surface area (Å²) in [6, 6.07) is 19.1. The van der Waals surface area contributed by atoms with Crippen molar-refractivity contribution in [3.63, 3.8) is 0 Å². The second kappa shape index (κ2) is 8.88. The number of carbonyl (C=O) groups is 2. The maximum Gasteiger partial charge on any atom is 0.270 e. The first-order valence-electron chi connectivity index (χ1n) is 11.1. The Hall–Kier alpha value is -3.36. The normalized spacial score (nSPS) is 20.9. The number of morpholine rings is 2. The van der Waals surface area contributed by atoms with Crippen LogP contribution in [0.5, 0.6) is 5.75 Å². The van der Waals surface area contributed by atoms with Crippen LogP contribution in [0.4, 0.5) is 0 Å². The first-order chi connectivity index (χ1) is 16.0. The molecule has 172 valence electrons. The van der Waals surface area contributed by atoms with Gasteiger partial charge in [0.25, 0.3) is 11.8 Å². The van der Waals surface area contributed by atoms with Crippen LogP contribution >= 0.6 is 0 Å². The minimum Gasteiger partial charge on any atom is -0.484 e. The number of hydrogen-bond acceptors (Lipinski definition) is 5. The molecule has 3 heterocycles. The van der Waals surface area contributed by atoms with Crippen molar-refractivity contribution < 1.29 is 23.8 Å². The molecule has 0 aliphatic carbocycles. The number of nitrogens with zero attached hydrogens (tertiary/aromatic N) is 3. The summed E-state index contributed by atoms with van der Waals surface area (Å²) in [4.78, 5) is 29.6. The molecule has 1 aromatic heterocycles. The van der Waals surface area contributed by atoms with E-state index < -0.39 is 5.79 Å². The third kappa shape index (κ3) is 4.31. The van der Waals surface area contributed by atoms with E-state index in [-0.39, 0.29) is 31.5 Å². The molecule has 33 heavy (non-hydrogen) atoms.